The summed E-state index contributed by atoms with van der Waals surface area (Å²) < 4.78 is 52.6. The number of hydrogen-bond donors (Lipinski definition) is 3. The second kappa shape index (κ2) is 8.34. The van der Waals surface area contributed by atoms with Crippen LogP contribution in [0.3, 0.4) is 0 Å². The predicted molar refractivity (Wildman–Crippen MR) is 107 cm³/mol. The summed E-state index contributed by atoms with van der Waals surface area (Å²) >= 11 is 0. The number of alkyl halides is 3. The van der Waals surface area contributed by atoms with E-state index in [9.17, 15) is 27.5 Å². The zero-order valence-corrected chi connectivity index (χ0v) is 16.8. The Morgan fingerprint density at radius 2 is 1.97 bits per heavy atom. The fraction of sp³-hybridized carbons (Fsp3) is 0.318. The summed E-state index contributed by atoms with van der Waals surface area (Å²) in [7, 11) is 0. The minimum Gasteiger partial charge on any atom is -0.380 e. The molecule has 1 amide bonds. The van der Waals surface area contributed by atoms with Gasteiger partial charge in [0.25, 0.3) is 5.91 Å². The first-order chi connectivity index (χ1) is 15.2. The molecule has 1 unspecified atom stereocenters. The minimum absolute atomic E-state index is 0.274. The van der Waals surface area contributed by atoms with Gasteiger partial charge in [-0.05, 0) is 42.5 Å². The molecule has 1 atom stereocenters. The number of aromatic nitrogens is 3. The van der Waals surface area contributed by atoms with Crippen LogP contribution < -0.4 is 5.32 Å². The van der Waals surface area contributed by atoms with Gasteiger partial charge in [0, 0.05) is 24.0 Å². The van der Waals surface area contributed by atoms with Crippen molar-refractivity contribution in [1.82, 2.24) is 15.2 Å². The van der Waals surface area contributed by atoms with Gasteiger partial charge in [0.05, 0.1) is 5.69 Å². The van der Waals surface area contributed by atoms with E-state index in [1.54, 1.807) is 18.3 Å². The topological polar surface area (TPSA) is 90.9 Å². The lowest BCUT2D eigenvalue weighted by Crippen LogP contribution is -2.28. The number of hydrogen-bond acceptors (Lipinski definition) is 4. The molecule has 2 aromatic heterocycles. The number of nitrogens with zero attached hydrogens (tertiary/aromatic N) is 2. The largest absolute Gasteiger partial charge is 0.435 e. The van der Waals surface area contributed by atoms with Crippen molar-refractivity contribution in [2.75, 3.05) is 5.32 Å². The number of aromatic amines is 1. The molecule has 1 fully saturated rings. The summed E-state index contributed by atoms with van der Waals surface area (Å²) in [4.78, 5) is 16.4. The molecule has 0 radical (unpaired) electrons. The highest BCUT2D eigenvalue weighted by Crippen LogP contribution is 2.41. The summed E-state index contributed by atoms with van der Waals surface area (Å²) in [6.07, 6.45) is 1.70. The number of halogens is 4. The van der Waals surface area contributed by atoms with Crippen LogP contribution in [0.2, 0.25) is 0 Å². The molecule has 32 heavy (non-hydrogen) atoms. The lowest BCUT2D eigenvalue weighted by molar-refractivity contribution is -0.141. The van der Waals surface area contributed by atoms with Crippen LogP contribution >= 0.6 is 0 Å². The molecule has 2 heterocycles. The molecule has 0 bridgehead atoms. The number of amides is 1. The van der Waals surface area contributed by atoms with E-state index in [0.29, 0.717) is 29.5 Å². The standard InChI is InChI=1S/C22H20F4N4O2/c23-16-6-5-14(21(32,8-7-13-3-4-13)15-2-1-9-27-12-15)10-17(16)28-20(31)18-11-19(30-29-18)22(24,25)26/h1-2,5-6,9-13,32H,3-4,7-8H2,(H,28,31)(H,29,30). The van der Waals surface area contributed by atoms with E-state index < -0.39 is 34.9 Å². The normalized spacial score (nSPS) is 15.9. The number of H-pyrrole nitrogens is 1. The molecule has 168 valence electrons. The zero-order chi connectivity index (χ0) is 22.9. The lowest BCUT2D eigenvalue weighted by atomic mass is 9.82. The maximum atomic E-state index is 14.4. The van der Waals surface area contributed by atoms with Crippen molar-refractivity contribution in [1.29, 1.82) is 0 Å². The molecule has 3 aromatic rings. The van der Waals surface area contributed by atoms with Crippen molar-refractivity contribution in [3.63, 3.8) is 0 Å². The molecule has 0 saturated heterocycles. The van der Waals surface area contributed by atoms with E-state index in [-0.39, 0.29) is 5.69 Å². The van der Waals surface area contributed by atoms with Crippen molar-refractivity contribution in [3.05, 3.63) is 77.1 Å². The van der Waals surface area contributed by atoms with Crippen molar-refractivity contribution in [2.45, 2.75) is 37.5 Å². The van der Waals surface area contributed by atoms with E-state index in [0.717, 1.165) is 25.3 Å². The SMILES string of the molecule is O=C(Nc1cc(C(O)(CCC2CC2)c2cccnc2)ccc1F)c1cc(C(F)(F)F)n[nH]1. The van der Waals surface area contributed by atoms with E-state index in [1.165, 1.54) is 18.3 Å². The number of carbonyl (C=O) groups excluding carboxylic acids is 1. The van der Waals surface area contributed by atoms with Crippen LogP contribution in [0.5, 0.6) is 0 Å². The van der Waals surface area contributed by atoms with E-state index in [4.69, 9.17) is 0 Å². The Bertz CT molecular complexity index is 1110. The summed E-state index contributed by atoms with van der Waals surface area (Å²) in [5.74, 6) is -1.26. The Morgan fingerprint density at radius 1 is 1.19 bits per heavy atom. The van der Waals surface area contributed by atoms with Gasteiger partial charge in [-0.15, -0.1) is 0 Å². The maximum absolute atomic E-state index is 14.4. The third-order valence-electron chi connectivity index (χ3n) is 5.56. The third-order valence-corrected chi connectivity index (χ3v) is 5.56. The van der Waals surface area contributed by atoms with Gasteiger partial charge < -0.3 is 10.4 Å². The Balaban J connectivity index is 1.63. The minimum atomic E-state index is -4.72. The lowest BCUT2D eigenvalue weighted by Gasteiger charge is -2.30. The number of carbonyl (C=O) groups is 1. The maximum Gasteiger partial charge on any atom is 0.435 e. The molecule has 4 rings (SSSR count). The van der Waals surface area contributed by atoms with E-state index in [2.05, 4.69) is 15.4 Å². The highest BCUT2D eigenvalue weighted by Gasteiger charge is 2.36. The molecule has 0 spiro atoms. The van der Waals surface area contributed by atoms with Crippen LogP contribution in [-0.2, 0) is 11.8 Å². The molecule has 1 saturated carbocycles. The average Bonchev–Trinajstić information content (AvgIpc) is 3.45. The van der Waals surface area contributed by atoms with Gasteiger partial charge in [0.15, 0.2) is 5.69 Å². The second-order valence-corrected chi connectivity index (χ2v) is 7.90. The van der Waals surface area contributed by atoms with Gasteiger partial charge in [0.1, 0.15) is 17.1 Å². The van der Waals surface area contributed by atoms with Gasteiger partial charge in [-0.2, -0.15) is 18.3 Å². The molecule has 3 N–H and O–H groups in total. The summed E-state index contributed by atoms with van der Waals surface area (Å²) in [6, 6.07) is 7.73. The van der Waals surface area contributed by atoms with Crippen LogP contribution in [0, 0.1) is 11.7 Å². The molecular formula is C22H20F4N4O2. The van der Waals surface area contributed by atoms with Crippen molar-refractivity contribution < 1.29 is 27.5 Å². The summed E-state index contributed by atoms with van der Waals surface area (Å²) in [5, 5.41) is 18.9. The Hall–Kier alpha value is -3.27. The molecule has 0 aliphatic heterocycles. The summed E-state index contributed by atoms with van der Waals surface area (Å²) in [6.45, 7) is 0. The first-order valence-electron chi connectivity index (χ1n) is 10.0. The molecular weight excluding hydrogens is 428 g/mol. The average molecular weight is 448 g/mol. The smallest absolute Gasteiger partial charge is 0.380 e. The van der Waals surface area contributed by atoms with Gasteiger partial charge in [-0.25, -0.2) is 4.39 Å². The fourth-order valence-electron chi connectivity index (χ4n) is 3.53. The Kier molecular flexibility index (Phi) is 5.72. The molecule has 1 aliphatic carbocycles. The molecule has 1 aliphatic rings. The number of nitrogens with one attached hydrogen (secondary N) is 2. The highest BCUT2D eigenvalue weighted by atomic mass is 19.4. The highest BCUT2D eigenvalue weighted by molar-refractivity contribution is 6.03. The fourth-order valence-corrected chi connectivity index (χ4v) is 3.53. The first-order valence-corrected chi connectivity index (χ1v) is 10.0. The van der Waals surface area contributed by atoms with Gasteiger partial charge in [-0.3, -0.25) is 14.9 Å². The van der Waals surface area contributed by atoms with Gasteiger partial charge in [-0.1, -0.05) is 25.0 Å². The number of benzene rings is 1. The van der Waals surface area contributed by atoms with Crippen LogP contribution in [-0.4, -0.2) is 26.2 Å². The van der Waals surface area contributed by atoms with Crippen LogP contribution in [0.1, 0.15) is 53.0 Å². The number of pyridine rings is 1. The van der Waals surface area contributed by atoms with Gasteiger partial charge in [0.2, 0.25) is 0 Å². The number of aliphatic hydroxyl groups is 1. The second-order valence-electron chi connectivity index (χ2n) is 7.90. The molecule has 10 heteroatoms. The first kappa shape index (κ1) is 21.9. The van der Waals surface area contributed by atoms with E-state index in [1.807, 2.05) is 5.10 Å². The Labute approximate surface area is 180 Å². The quantitative estimate of drug-likeness (QED) is 0.459. The zero-order valence-electron chi connectivity index (χ0n) is 16.8. The van der Waals surface area contributed by atoms with Gasteiger partial charge >= 0.3 is 6.18 Å². The molecule has 6 nitrogen and oxygen atoms in total. The van der Waals surface area contributed by atoms with Crippen molar-refractivity contribution in [2.24, 2.45) is 5.92 Å². The van der Waals surface area contributed by atoms with Crippen LogP contribution in [0.4, 0.5) is 23.2 Å². The predicted octanol–water partition coefficient (Wildman–Crippen LogP) is 4.64. The van der Waals surface area contributed by atoms with Crippen molar-refractivity contribution >= 4 is 11.6 Å². The monoisotopic (exact) mass is 448 g/mol. The van der Waals surface area contributed by atoms with Crippen LogP contribution in [0.15, 0.2) is 48.8 Å². The van der Waals surface area contributed by atoms with Crippen molar-refractivity contribution in [3.8, 4) is 0 Å². The Morgan fingerprint density at radius 3 is 2.59 bits per heavy atom. The van der Waals surface area contributed by atoms with E-state index >= 15 is 0 Å². The third kappa shape index (κ3) is 4.64. The summed E-state index contributed by atoms with van der Waals surface area (Å²) in [5.41, 5.74) is -2.62. The van der Waals surface area contributed by atoms with Crippen LogP contribution in [0.25, 0.3) is 0 Å². The molecule has 1 aromatic carbocycles. The number of anilines is 1. The number of rotatable bonds is 7.